The van der Waals surface area contributed by atoms with Crippen molar-refractivity contribution >= 4 is 17.7 Å². The predicted molar refractivity (Wildman–Crippen MR) is 80.7 cm³/mol. The zero-order chi connectivity index (χ0) is 15.5. The maximum absolute atomic E-state index is 12.1. The Morgan fingerprint density at radius 1 is 1.48 bits per heavy atom. The first-order valence-electron chi connectivity index (χ1n) is 7.09. The summed E-state index contributed by atoms with van der Waals surface area (Å²) in [5.74, 6) is 0.551. The van der Waals surface area contributed by atoms with Crippen LogP contribution in [-0.4, -0.2) is 40.8 Å². The maximum atomic E-state index is 12.1. The van der Waals surface area contributed by atoms with E-state index >= 15 is 0 Å². The molecule has 1 fully saturated rings. The molecule has 1 aromatic heterocycles. The number of carbonyl (C=O) groups is 1. The highest BCUT2D eigenvalue weighted by Crippen LogP contribution is 2.26. The van der Waals surface area contributed by atoms with Gasteiger partial charge in [-0.05, 0) is 39.7 Å². The monoisotopic (exact) mass is 312 g/mol. The molecule has 116 valence electrons. The largest absolute Gasteiger partial charge is 0.485 e. The number of aromatic nitrogens is 1. The molecule has 1 aliphatic rings. The molecule has 0 aliphatic carbocycles. The number of hydrogen-bond donors (Lipinski definition) is 0. The molecule has 2 rings (SSSR count). The Labute approximate surface area is 130 Å². The summed E-state index contributed by atoms with van der Waals surface area (Å²) >= 11 is 6.06. The van der Waals surface area contributed by atoms with Crippen molar-refractivity contribution in [2.45, 2.75) is 45.3 Å². The van der Waals surface area contributed by atoms with Gasteiger partial charge in [0.2, 0.25) is 0 Å². The molecular formula is C15H21ClN2O3. The van der Waals surface area contributed by atoms with E-state index in [0.29, 0.717) is 23.9 Å². The minimum atomic E-state index is -0.489. The highest BCUT2D eigenvalue weighted by molar-refractivity contribution is 6.31. The number of halogens is 1. The van der Waals surface area contributed by atoms with Crippen LogP contribution in [0.3, 0.4) is 0 Å². The van der Waals surface area contributed by atoms with Crippen LogP contribution in [0.5, 0.6) is 5.75 Å². The average Bonchev–Trinajstić information content (AvgIpc) is 2.40. The van der Waals surface area contributed by atoms with Gasteiger partial charge >= 0.3 is 6.09 Å². The fraction of sp³-hybridized carbons (Fsp3) is 0.600. The van der Waals surface area contributed by atoms with Gasteiger partial charge in [-0.15, -0.1) is 0 Å². The van der Waals surface area contributed by atoms with E-state index in [1.54, 1.807) is 23.4 Å². The number of ether oxygens (including phenoxy) is 2. The summed E-state index contributed by atoms with van der Waals surface area (Å²) in [5, 5.41) is 0.527. The first-order chi connectivity index (χ1) is 9.85. The molecule has 0 saturated carbocycles. The van der Waals surface area contributed by atoms with Crippen LogP contribution in [0.4, 0.5) is 4.79 Å². The highest BCUT2D eigenvalue weighted by atomic mass is 35.5. The van der Waals surface area contributed by atoms with Gasteiger partial charge in [-0.25, -0.2) is 4.79 Å². The lowest BCUT2D eigenvalue weighted by molar-refractivity contribution is 0.00774. The smallest absolute Gasteiger partial charge is 0.410 e. The van der Waals surface area contributed by atoms with Crippen LogP contribution in [0.1, 0.15) is 33.6 Å². The number of likely N-dealkylation sites (tertiary alicyclic amines) is 1. The number of amides is 1. The number of pyridine rings is 1. The van der Waals surface area contributed by atoms with Crippen LogP contribution < -0.4 is 4.74 Å². The van der Waals surface area contributed by atoms with Crippen molar-refractivity contribution in [3.63, 3.8) is 0 Å². The van der Waals surface area contributed by atoms with Crippen molar-refractivity contribution in [1.29, 1.82) is 0 Å². The lowest BCUT2D eigenvalue weighted by atomic mass is 10.1. The Morgan fingerprint density at radius 3 is 2.90 bits per heavy atom. The lowest BCUT2D eigenvalue weighted by Crippen LogP contribution is -2.46. The summed E-state index contributed by atoms with van der Waals surface area (Å²) in [6.45, 7) is 6.77. The fourth-order valence-corrected chi connectivity index (χ4v) is 2.31. The first kappa shape index (κ1) is 15.9. The standard InChI is InChI=1S/C15H21ClN2O3/c1-15(2,3)21-14(19)18-8-4-5-11(10-18)20-13-9-17-7-6-12(13)16/h6-7,9,11H,4-5,8,10H2,1-3H3. The van der Waals surface area contributed by atoms with E-state index < -0.39 is 5.60 Å². The van der Waals surface area contributed by atoms with E-state index in [9.17, 15) is 4.79 Å². The Hall–Kier alpha value is -1.49. The molecule has 1 unspecified atom stereocenters. The number of rotatable bonds is 2. The van der Waals surface area contributed by atoms with Gasteiger partial charge < -0.3 is 14.4 Å². The zero-order valence-corrected chi connectivity index (χ0v) is 13.4. The molecule has 0 spiro atoms. The molecule has 1 saturated heterocycles. The van der Waals surface area contributed by atoms with Crippen molar-refractivity contribution in [3.8, 4) is 5.75 Å². The summed E-state index contributed by atoms with van der Waals surface area (Å²) in [4.78, 5) is 17.8. The second kappa shape index (κ2) is 6.52. The van der Waals surface area contributed by atoms with Crippen LogP contribution in [0.15, 0.2) is 18.5 Å². The fourth-order valence-electron chi connectivity index (χ4n) is 2.16. The van der Waals surface area contributed by atoms with Crippen LogP contribution in [-0.2, 0) is 4.74 Å². The van der Waals surface area contributed by atoms with Gasteiger partial charge in [-0.1, -0.05) is 11.6 Å². The van der Waals surface area contributed by atoms with E-state index in [-0.39, 0.29) is 12.2 Å². The highest BCUT2D eigenvalue weighted by Gasteiger charge is 2.28. The third-order valence-electron chi connectivity index (χ3n) is 3.06. The average molecular weight is 313 g/mol. The second-order valence-electron chi connectivity index (χ2n) is 6.11. The third kappa shape index (κ3) is 4.77. The van der Waals surface area contributed by atoms with Crippen molar-refractivity contribution in [2.75, 3.05) is 13.1 Å². The lowest BCUT2D eigenvalue weighted by Gasteiger charge is -2.34. The first-order valence-corrected chi connectivity index (χ1v) is 7.47. The van der Waals surface area contributed by atoms with Gasteiger partial charge in [0.05, 0.1) is 17.8 Å². The summed E-state index contributed by atoms with van der Waals surface area (Å²) in [6.07, 6.45) is 4.57. The maximum Gasteiger partial charge on any atom is 0.410 e. The molecule has 1 aliphatic heterocycles. The van der Waals surface area contributed by atoms with Gasteiger partial charge in [0.1, 0.15) is 11.7 Å². The predicted octanol–water partition coefficient (Wildman–Crippen LogP) is 3.51. The Balaban J connectivity index is 1.95. The molecule has 1 atom stereocenters. The van der Waals surface area contributed by atoms with Gasteiger partial charge in [0.25, 0.3) is 0 Å². The molecule has 0 radical (unpaired) electrons. The van der Waals surface area contributed by atoms with E-state index in [1.165, 1.54) is 0 Å². The van der Waals surface area contributed by atoms with Crippen LogP contribution in [0, 0.1) is 0 Å². The van der Waals surface area contributed by atoms with Crippen LogP contribution in [0.2, 0.25) is 5.02 Å². The number of carbonyl (C=O) groups excluding carboxylic acids is 1. The molecule has 0 aromatic carbocycles. The normalized spacial score (nSPS) is 19.2. The van der Waals surface area contributed by atoms with Crippen molar-refractivity contribution < 1.29 is 14.3 Å². The summed E-state index contributed by atoms with van der Waals surface area (Å²) < 4.78 is 11.2. The molecule has 21 heavy (non-hydrogen) atoms. The number of hydrogen-bond acceptors (Lipinski definition) is 4. The van der Waals surface area contributed by atoms with Gasteiger partial charge in [-0.3, -0.25) is 4.98 Å². The molecule has 0 bridgehead atoms. The SMILES string of the molecule is CC(C)(C)OC(=O)N1CCCC(Oc2cnccc2Cl)C1. The zero-order valence-electron chi connectivity index (χ0n) is 12.6. The molecule has 6 heteroatoms. The van der Waals surface area contributed by atoms with Gasteiger partial charge in [-0.2, -0.15) is 0 Å². The van der Waals surface area contributed by atoms with E-state index in [1.807, 2.05) is 20.8 Å². The van der Waals surface area contributed by atoms with Crippen molar-refractivity contribution in [1.82, 2.24) is 9.88 Å². The second-order valence-corrected chi connectivity index (χ2v) is 6.52. The summed E-state index contributed by atoms with van der Waals surface area (Å²) in [7, 11) is 0. The quantitative estimate of drug-likeness (QED) is 0.838. The Bertz CT molecular complexity index is 502. The summed E-state index contributed by atoms with van der Waals surface area (Å²) in [6, 6.07) is 1.69. The minimum Gasteiger partial charge on any atom is -0.485 e. The number of nitrogens with zero attached hydrogens (tertiary/aromatic N) is 2. The van der Waals surface area contributed by atoms with Gasteiger partial charge in [0.15, 0.2) is 5.75 Å². The van der Waals surface area contributed by atoms with Crippen molar-refractivity contribution in [2.24, 2.45) is 0 Å². The van der Waals surface area contributed by atoms with E-state index in [4.69, 9.17) is 21.1 Å². The molecule has 1 aromatic rings. The molecular weight excluding hydrogens is 292 g/mol. The third-order valence-corrected chi connectivity index (χ3v) is 3.37. The van der Waals surface area contributed by atoms with Crippen LogP contribution in [0.25, 0.3) is 0 Å². The molecule has 5 nitrogen and oxygen atoms in total. The molecule has 2 heterocycles. The summed E-state index contributed by atoms with van der Waals surface area (Å²) in [5.41, 5.74) is -0.489. The van der Waals surface area contributed by atoms with Gasteiger partial charge in [0, 0.05) is 12.7 Å². The van der Waals surface area contributed by atoms with Crippen LogP contribution >= 0.6 is 11.6 Å². The Kier molecular flexibility index (Phi) is 4.93. The Morgan fingerprint density at radius 2 is 2.24 bits per heavy atom. The van der Waals surface area contributed by atoms with E-state index in [2.05, 4.69) is 4.98 Å². The topological polar surface area (TPSA) is 51.7 Å². The number of piperidine rings is 1. The molecule has 1 amide bonds. The van der Waals surface area contributed by atoms with Crippen molar-refractivity contribution in [3.05, 3.63) is 23.5 Å². The van der Waals surface area contributed by atoms with E-state index in [0.717, 1.165) is 12.8 Å². The minimum absolute atomic E-state index is 0.0898. The molecule has 0 N–H and O–H groups in total.